The van der Waals surface area contributed by atoms with Crippen LogP contribution in [0.5, 0.6) is 0 Å². The molecule has 0 amide bonds. The Morgan fingerprint density at radius 1 is 1.44 bits per heavy atom. The van der Waals surface area contributed by atoms with Crippen LogP contribution >= 0.6 is 0 Å². The average molecular weight is 223 g/mol. The predicted molar refractivity (Wildman–Crippen MR) is 58.6 cm³/mol. The van der Waals surface area contributed by atoms with Crippen LogP contribution in [0, 0.1) is 0 Å². The van der Waals surface area contributed by atoms with Gasteiger partial charge in [0.1, 0.15) is 0 Å². The molecule has 0 aliphatic carbocycles. The van der Waals surface area contributed by atoms with E-state index in [0.717, 1.165) is 0 Å². The summed E-state index contributed by atoms with van der Waals surface area (Å²) in [6.07, 6.45) is 0. The molecule has 1 aromatic heterocycles. The van der Waals surface area contributed by atoms with E-state index in [1.807, 2.05) is 4.90 Å². The maximum atomic E-state index is 10.8. The van der Waals surface area contributed by atoms with Crippen molar-refractivity contribution in [2.45, 2.75) is 0 Å². The van der Waals surface area contributed by atoms with E-state index in [9.17, 15) is 4.79 Å². The maximum absolute atomic E-state index is 10.8. The summed E-state index contributed by atoms with van der Waals surface area (Å²) in [5, 5.41) is 8.85. The molecular formula is C10H13N3O3. The lowest BCUT2D eigenvalue weighted by atomic mass is 10.3. The number of rotatable bonds is 2. The highest BCUT2D eigenvalue weighted by molar-refractivity contribution is 5.87. The number of carboxylic acid groups (broad SMARTS) is 1. The van der Waals surface area contributed by atoms with Crippen molar-refractivity contribution in [3.8, 4) is 0 Å². The van der Waals surface area contributed by atoms with Crippen LogP contribution in [0.15, 0.2) is 12.1 Å². The van der Waals surface area contributed by atoms with Gasteiger partial charge in [-0.15, -0.1) is 0 Å². The summed E-state index contributed by atoms with van der Waals surface area (Å²) in [5.74, 6) is -0.516. The molecule has 0 atom stereocenters. The molecule has 2 heterocycles. The Hall–Kier alpha value is -1.82. The number of aromatic nitrogens is 1. The van der Waals surface area contributed by atoms with Crippen molar-refractivity contribution in [2.75, 3.05) is 36.9 Å². The minimum Gasteiger partial charge on any atom is -0.477 e. The van der Waals surface area contributed by atoms with Gasteiger partial charge in [0.05, 0.1) is 18.9 Å². The van der Waals surface area contributed by atoms with Gasteiger partial charge in [0.2, 0.25) is 0 Å². The molecule has 1 aromatic rings. The third-order valence-corrected chi connectivity index (χ3v) is 2.44. The fourth-order valence-corrected chi connectivity index (χ4v) is 1.61. The van der Waals surface area contributed by atoms with Gasteiger partial charge >= 0.3 is 5.97 Å². The molecule has 1 fully saturated rings. The van der Waals surface area contributed by atoms with Crippen molar-refractivity contribution in [3.05, 3.63) is 17.8 Å². The summed E-state index contributed by atoms with van der Waals surface area (Å²) < 4.78 is 5.21. The summed E-state index contributed by atoms with van der Waals surface area (Å²) >= 11 is 0. The first-order valence-electron chi connectivity index (χ1n) is 5.01. The van der Waals surface area contributed by atoms with Crippen molar-refractivity contribution in [2.24, 2.45) is 0 Å². The highest BCUT2D eigenvalue weighted by atomic mass is 16.5. The van der Waals surface area contributed by atoms with Crippen LogP contribution in [0.1, 0.15) is 10.5 Å². The van der Waals surface area contributed by atoms with Crippen molar-refractivity contribution in [1.29, 1.82) is 0 Å². The lowest BCUT2D eigenvalue weighted by Crippen LogP contribution is -2.37. The zero-order valence-electron chi connectivity index (χ0n) is 8.72. The number of carbonyl (C=O) groups is 1. The Kier molecular flexibility index (Phi) is 2.91. The third kappa shape index (κ3) is 2.06. The first-order chi connectivity index (χ1) is 7.68. The summed E-state index contributed by atoms with van der Waals surface area (Å²) in [5.41, 5.74) is 6.28. The Morgan fingerprint density at radius 2 is 2.12 bits per heavy atom. The summed E-state index contributed by atoms with van der Waals surface area (Å²) in [7, 11) is 0. The van der Waals surface area contributed by atoms with Gasteiger partial charge < -0.3 is 20.5 Å². The molecule has 0 bridgehead atoms. The second kappa shape index (κ2) is 4.36. The fourth-order valence-electron chi connectivity index (χ4n) is 1.61. The molecule has 2 rings (SSSR count). The third-order valence-electron chi connectivity index (χ3n) is 2.44. The number of aromatic carboxylic acids is 1. The van der Waals surface area contributed by atoms with Crippen LogP contribution < -0.4 is 10.6 Å². The van der Waals surface area contributed by atoms with E-state index in [1.54, 1.807) is 6.07 Å². The second-order valence-electron chi connectivity index (χ2n) is 3.51. The molecule has 0 aromatic carbocycles. The molecule has 0 saturated carbocycles. The van der Waals surface area contributed by atoms with Crippen molar-refractivity contribution in [1.82, 2.24) is 4.98 Å². The number of nitrogens with zero attached hydrogens (tertiary/aromatic N) is 2. The van der Waals surface area contributed by atoms with E-state index in [4.69, 9.17) is 15.6 Å². The van der Waals surface area contributed by atoms with Crippen molar-refractivity contribution >= 4 is 17.5 Å². The fraction of sp³-hybridized carbons (Fsp3) is 0.400. The van der Waals surface area contributed by atoms with E-state index in [1.165, 1.54) is 6.07 Å². The molecule has 86 valence electrons. The lowest BCUT2D eigenvalue weighted by Gasteiger charge is -2.28. The zero-order valence-corrected chi connectivity index (χ0v) is 8.72. The number of nitrogens with two attached hydrogens (primary N) is 1. The van der Waals surface area contributed by atoms with Gasteiger partial charge in [-0.1, -0.05) is 0 Å². The molecule has 3 N–H and O–H groups in total. The number of hydrogen-bond donors (Lipinski definition) is 2. The van der Waals surface area contributed by atoms with Crippen LogP contribution in [0.4, 0.5) is 11.5 Å². The first-order valence-corrected chi connectivity index (χ1v) is 5.01. The van der Waals surface area contributed by atoms with E-state index in [2.05, 4.69) is 4.98 Å². The Labute approximate surface area is 92.6 Å². The molecule has 1 aliphatic heterocycles. The normalized spacial score (nSPS) is 16.1. The SMILES string of the molecule is Nc1ccc(C(=O)O)nc1N1CCOCC1. The zero-order chi connectivity index (χ0) is 11.5. The molecule has 0 unspecified atom stereocenters. The van der Waals surface area contributed by atoms with Gasteiger partial charge in [-0.3, -0.25) is 0 Å². The molecule has 0 spiro atoms. The van der Waals surface area contributed by atoms with E-state index < -0.39 is 5.97 Å². The van der Waals surface area contributed by atoms with Crippen LogP contribution in [0.3, 0.4) is 0 Å². The van der Waals surface area contributed by atoms with Gasteiger partial charge in [0.25, 0.3) is 0 Å². The van der Waals surface area contributed by atoms with Crippen molar-refractivity contribution in [3.63, 3.8) is 0 Å². The molecular weight excluding hydrogens is 210 g/mol. The molecule has 1 saturated heterocycles. The quantitative estimate of drug-likeness (QED) is 0.744. The van der Waals surface area contributed by atoms with E-state index in [0.29, 0.717) is 37.8 Å². The van der Waals surface area contributed by atoms with Gasteiger partial charge in [-0.2, -0.15) is 0 Å². The minimum absolute atomic E-state index is 0.00990. The second-order valence-corrected chi connectivity index (χ2v) is 3.51. The van der Waals surface area contributed by atoms with Crippen LogP contribution in [-0.2, 0) is 4.74 Å². The number of ether oxygens (including phenoxy) is 1. The highest BCUT2D eigenvalue weighted by Gasteiger charge is 2.17. The lowest BCUT2D eigenvalue weighted by molar-refractivity contribution is 0.0690. The molecule has 1 aliphatic rings. The van der Waals surface area contributed by atoms with Crippen LogP contribution in [0.2, 0.25) is 0 Å². The summed E-state index contributed by atoms with van der Waals surface area (Å²) in [4.78, 5) is 16.8. The molecule has 6 nitrogen and oxygen atoms in total. The molecule has 0 radical (unpaired) electrons. The van der Waals surface area contributed by atoms with Crippen LogP contribution in [0.25, 0.3) is 0 Å². The number of morpholine rings is 1. The smallest absolute Gasteiger partial charge is 0.354 e. The topological polar surface area (TPSA) is 88.7 Å². The number of pyridine rings is 1. The first kappa shape index (κ1) is 10.7. The van der Waals surface area contributed by atoms with E-state index in [-0.39, 0.29) is 5.69 Å². The van der Waals surface area contributed by atoms with Crippen molar-refractivity contribution < 1.29 is 14.6 Å². The van der Waals surface area contributed by atoms with Gasteiger partial charge in [0.15, 0.2) is 11.5 Å². The monoisotopic (exact) mass is 223 g/mol. The number of hydrogen-bond acceptors (Lipinski definition) is 5. The molecule has 6 heteroatoms. The summed E-state index contributed by atoms with van der Waals surface area (Å²) in [6.45, 7) is 2.58. The Morgan fingerprint density at radius 3 is 2.75 bits per heavy atom. The van der Waals surface area contributed by atoms with Gasteiger partial charge in [0, 0.05) is 13.1 Å². The summed E-state index contributed by atoms with van der Waals surface area (Å²) in [6, 6.07) is 2.98. The number of nitrogen functional groups attached to an aromatic ring is 1. The number of carboxylic acids is 1. The maximum Gasteiger partial charge on any atom is 0.354 e. The number of anilines is 2. The minimum atomic E-state index is -1.05. The Bertz CT molecular complexity index is 402. The highest BCUT2D eigenvalue weighted by Crippen LogP contribution is 2.21. The predicted octanol–water partition coefficient (Wildman–Crippen LogP) is 0.199. The van der Waals surface area contributed by atoms with Crippen LogP contribution in [-0.4, -0.2) is 42.4 Å². The van der Waals surface area contributed by atoms with Gasteiger partial charge in [-0.25, -0.2) is 9.78 Å². The largest absolute Gasteiger partial charge is 0.477 e. The standard InChI is InChI=1S/C10H13N3O3/c11-7-1-2-8(10(14)15)12-9(7)13-3-5-16-6-4-13/h1-2H,3-6,11H2,(H,14,15). The van der Waals surface area contributed by atoms with E-state index >= 15 is 0 Å². The molecule has 16 heavy (non-hydrogen) atoms. The average Bonchev–Trinajstić information content (AvgIpc) is 2.30. The van der Waals surface area contributed by atoms with Gasteiger partial charge in [-0.05, 0) is 12.1 Å². The Balaban J connectivity index is 2.30.